The van der Waals surface area contributed by atoms with Gasteiger partial charge in [-0.05, 0) is 38.1 Å². The van der Waals surface area contributed by atoms with E-state index in [0.717, 1.165) is 37.0 Å². The maximum atomic E-state index is 5.66. The number of aromatic nitrogens is 3. The van der Waals surface area contributed by atoms with Crippen molar-refractivity contribution in [2.45, 2.75) is 64.2 Å². The van der Waals surface area contributed by atoms with Crippen LogP contribution in [0.25, 0.3) is 0 Å². The van der Waals surface area contributed by atoms with Crippen LogP contribution in [-0.2, 0) is 13.5 Å². The molecular formula is C15H28N4. The molecule has 2 N–H and O–H groups in total. The fourth-order valence-electron chi connectivity index (χ4n) is 3.13. The third-order valence-electron chi connectivity index (χ3n) is 4.52. The average Bonchev–Trinajstić information content (AvgIpc) is 3.04. The van der Waals surface area contributed by atoms with Gasteiger partial charge in [0, 0.05) is 19.4 Å². The van der Waals surface area contributed by atoms with Crippen LogP contribution < -0.4 is 5.73 Å². The molecule has 2 rings (SSSR count). The Morgan fingerprint density at radius 3 is 2.68 bits per heavy atom. The molecule has 0 aromatic carbocycles. The zero-order valence-corrected chi connectivity index (χ0v) is 12.4. The van der Waals surface area contributed by atoms with Crippen LogP contribution in [-0.4, -0.2) is 21.3 Å². The lowest BCUT2D eigenvalue weighted by molar-refractivity contribution is 0.435. The Kier molecular flexibility index (Phi) is 5.37. The van der Waals surface area contributed by atoms with E-state index >= 15 is 0 Å². The molecule has 4 nitrogen and oxygen atoms in total. The van der Waals surface area contributed by atoms with Gasteiger partial charge in [0.25, 0.3) is 0 Å². The van der Waals surface area contributed by atoms with Gasteiger partial charge in [0.05, 0.1) is 0 Å². The van der Waals surface area contributed by atoms with Gasteiger partial charge < -0.3 is 5.73 Å². The van der Waals surface area contributed by atoms with E-state index in [9.17, 15) is 0 Å². The first-order chi connectivity index (χ1) is 9.24. The van der Waals surface area contributed by atoms with E-state index < -0.39 is 0 Å². The average molecular weight is 264 g/mol. The first-order valence-electron chi connectivity index (χ1n) is 7.84. The van der Waals surface area contributed by atoms with Crippen molar-refractivity contribution in [2.75, 3.05) is 6.54 Å². The van der Waals surface area contributed by atoms with Crippen molar-refractivity contribution in [2.24, 2.45) is 18.7 Å². The molecule has 0 bridgehead atoms. The van der Waals surface area contributed by atoms with E-state index in [-0.39, 0.29) is 0 Å². The zero-order chi connectivity index (χ0) is 13.7. The minimum atomic E-state index is 0.617. The minimum absolute atomic E-state index is 0.617. The SMILES string of the molecule is CCC(CCN)CCc1nc(C2CCCC2)nn1C. The summed E-state index contributed by atoms with van der Waals surface area (Å²) in [7, 11) is 2.03. The molecular weight excluding hydrogens is 236 g/mol. The molecule has 1 unspecified atom stereocenters. The van der Waals surface area contributed by atoms with Gasteiger partial charge in [-0.15, -0.1) is 0 Å². The summed E-state index contributed by atoms with van der Waals surface area (Å²) in [4.78, 5) is 4.78. The Balaban J connectivity index is 1.92. The summed E-state index contributed by atoms with van der Waals surface area (Å²) in [5.41, 5.74) is 5.66. The second-order valence-corrected chi connectivity index (χ2v) is 5.88. The number of nitrogens with two attached hydrogens (primary N) is 1. The Labute approximate surface area is 116 Å². The maximum absolute atomic E-state index is 5.66. The van der Waals surface area contributed by atoms with Crippen LogP contribution in [0.5, 0.6) is 0 Å². The van der Waals surface area contributed by atoms with Crippen molar-refractivity contribution in [3.8, 4) is 0 Å². The van der Waals surface area contributed by atoms with E-state index in [1.165, 1.54) is 38.5 Å². The van der Waals surface area contributed by atoms with Gasteiger partial charge in [-0.25, -0.2) is 4.98 Å². The molecule has 1 aliphatic carbocycles. The van der Waals surface area contributed by atoms with Crippen molar-refractivity contribution in [1.29, 1.82) is 0 Å². The fourth-order valence-corrected chi connectivity index (χ4v) is 3.13. The van der Waals surface area contributed by atoms with Gasteiger partial charge in [0.1, 0.15) is 5.82 Å². The lowest BCUT2D eigenvalue weighted by Crippen LogP contribution is -2.10. The smallest absolute Gasteiger partial charge is 0.154 e. The van der Waals surface area contributed by atoms with E-state index in [4.69, 9.17) is 10.7 Å². The van der Waals surface area contributed by atoms with Crippen LogP contribution in [0.3, 0.4) is 0 Å². The Hall–Kier alpha value is -0.900. The predicted molar refractivity (Wildman–Crippen MR) is 78.0 cm³/mol. The first kappa shape index (κ1) is 14.5. The van der Waals surface area contributed by atoms with Crippen LogP contribution in [0.4, 0.5) is 0 Å². The van der Waals surface area contributed by atoms with Gasteiger partial charge in [-0.2, -0.15) is 5.10 Å². The van der Waals surface area contributed by atoms with Crippen LogP contribution in [0.1, 0.15) is 69.4 Å². The van der Waals surface area contributed by atoms with Crippen LogP contribution in [0.2, 0.25) is 0 Å². The van der Waals surface area contributed by atoms with Gasteiger partial charge in [-0.1, -0.05) is 26.2 Å². The number of nitrogens with zero attached hydrogens (tertiary/aromatic N) is 3. The van der Waals surface area contributed by atoms with Gasteiger partial charge in [-0.3, -0.25) is 4.68 Å². The number of hydrogen-bond acceptors (Lipinski definition) is 3. The Morgan fingerprint density at radius 1 is 1.32 bits per heavy atom. The predicted octanol–water partition coefficient (Wildman–Crippen LogP) is 2.78. The van der Waals surface area contributed by atoms with Crippen molar-refractivity contribution < 1.29 is 0 Å². The molecule has 1 heterocycles. The van der Waals surface area contributed by atoms with Crippen molar-refractivity contribution >= 4 is 0 Å². The summed E-state index contributed by atoms with van der Waals surface area (Å²) in [5.74, 6) is 3.59. The molecule has 19 heavy (non-hydrogen) atoms. The minimum Gasteiger partial charge on any atom is -0.330 e. The van der Waals surface area contributed by atoms with Gasteiger partial charge >= 0.3 is 0 Å². The van der Waals surface area contributed by atoms with Crippen LogP contribution >= 0.6 is 0 Å². The van der Waals surface area contributed by atoms with Crippen molar-refractivity contribution in [3.05, 3.63) is 11.6 Å². The number of aryl methyl sites for hydroxylation is 2. The molecule has 1 aromatic rings. The van der Waals surface area contributed by atoms with Crippen molar-refractivity contribution in [3.63, 3.8) is 0 Å². The van der Waals surface area contributed by atoms with Gasteiger partial charge in [0.2, 0.25) is 0 Å². The second-order valence-electron chi connectivity index (χ2n) is 5.88. The van der Waals surface area contributed by atoms with E-state index in [0.29, 0.717) is 5.92 Å². The normalized spacial score (nSPS) is 18.1. The zero-order valence-electron chi connectivity index (χ0n) is 12.4. The molecule has 0 radical (unpaired) electrons. The largest absolute Gasteiger partial charge is 0.330 e. The highest BCUT2D eigenvalue weighted by molar-refractivity contribution is 5.01. The van der Waals surface area contributed by atoms with Gasteiger partial charge in [0.15, 0.2) is 5.82 Å². The summed E-state index contributed by atoms with van der Waals surface area (Å²) >= 11 is 0. The van der Waals surface area contributed by atoms with Crippen LogP contribution in [0.15, 0.2) is 0 Å². The van der Waals surface area contributed by atoms with Crippen molar-refractivity contribution in [1.82, 2.24) is 14.8 Å². The highest BCUT2D eigenvalue weighted by Gasteiger charge is 2.22. The second kappa shape index (κ2) is 7.04. The molecule has 108 valence electrons. The summed E-state index contributed by atoms with van der Waals surface area (Å²) in [6.07, 6.45) is 9.79. The highest BCUT2D eigenvalue weighted by Crippen LogP contribution is 2.32. The summed E-state index contributed by atoms with van der Waals surface area (Å²) in [6.45, 7) is 3.05. The first-order valence-corrected chi connectivity index (χ1v) is 7.84. The Bertz CT molecular complexity index is 379. The number of hydrogen-bond donors (Lipinski definition) is 1. The molecule has 1 fully saturated rings. The third-order valence-corrected chi connectivity index (χ3v) is 4.52. The van der Waals surface area contributed by atoms with E-state index in [2.05, 4.69) is 12.0 Å². The molecule has 1 atom stereocenters. The van der Waals surface area contributed by atoms with E-state index in [1.54, 1.807) is 0 Å². The molecule has 0 aliphatic heterocycles. The quantitative estimate of drug-likeness (QED) is 0.824. The molecule has 1 aromatic heterocycles. The number of rotatable bonds is 7. The Morgan fingerprint density at radius 2 is 2.05 bits per heavy atom. The summed E-state index contributed by atoms with van der Waals surface area (Å²) < 4.78 is 1.99. The lowest BCUT2D eigenvalue weighted by Gasteiger charge is -2.12. The topological polar surface area (TPSA) is 56.7 Å². The fraction of sp³-hybridized carbons (Fsp3) is 0.867. The lowest BCUT2D eigenvalue weighted by atomic mass is 9.96. The summed E-state index contributed by atoms with van der Waals surface area (Å²) in [5, 5.41) is 4.62. The molecule has 1 saturated carbocycles. The molecule has 4 heteroatoms. The third kappa shape index (κ3) is 3.78. The molecule has 1 aliphatic rings. The highest BCUT2D eigenvalue weighted by atomic mass is 15.3. The van der Waals surface area contributed by atoms with E-state index in [1.807, 2.05) is 11.7 Å². The summed E-state index contributed by atoms with van der Waals surface area (Å²) in [6, 6.07) is 0. The molecule has 0 amide bonds. The monoisotopic (exact) mass is 264 g/mol. The standard InChI is InChI=1S/C15H28N4/c1-3-12(10-11-16)8-9-14-17-15(18-19(14)2)13-6-4-5-7-13/h12-13H,3-11,16H2,1-2H3. The van der Waals surface area contributed by atoms with Crippen LogP contribution in [0, 0.1) is 5.92 Å². The molecule has 0 spiro atoms. The maximum Gasteiger partial charge on any atom is 0.154 e. The molecule has 0 saturated heterocycles.